The molecule has 0 amide bonds. The summed E-state index contributed by atoms with van der Waals surface area (Å²) < 4.78 is 14.0. The van der Waals surface area contributed by atoms with Crippen molar-refractivity contribution in [3.8, 4) is 0 Å². The number of nitrogens with zero attached hydrogens (tertiary/aromatic N) is 1. The molecule has 1 fully saturated rings. The van der Waals surface area contributed by atoms with Crippen LogP contribution < -0.4 is 5.32 Å². The average Bonchev–Trinajstić information content (AvgIpc) is 2.68. The Balaban J connectivity index is 2.22. The Hall–Kier alpha value is -0.640. The van der Waals surface area contributed by atoms with Crippen LogP contribution in [-0.4, -0.2) is 31.6 Å². The third kappa shape index (κ3) is 2.85. The fourth-order valence-electron chi connectivity index (χ4n) is 2.80. The topological polar surface area (TPSA) is 15.3 Å². The minimum atomic E-state index is -0.192. The Morgan fingerprint density at radius 1 is 1.50 bits per heavy atom. The summed E-state index contributed by atoms with van der Waals surface area (Å²) in [5.74, 6) is 0.272. The molecule has 1 aromatic rings. The standard InChI is InChI=1S/C14H20ClFN2/c1-3-17-9-10-6-7-18(2)14(10)12-5-4-11(15)8-13(12)16/h4-5,8,10,14,17H,3,6-7,9H2,1-2H3. The first kappa shape index (κ1) is 13.8. The predicted octanol–water partition coefficient (Wildman–Crippen LogP) is 3.08. The molecule has 18 heavy (non-hydrogen) atoms. The molecule has 1 aromatic carbocycles. The van der Waals surface area contributed by atoms with Gasteiger partial charge in [-0.25, -0.2) is 4.39 Å². The van der Waals surface area contributed by atoms with E-state index in [1.165, 1.54) is 6.07 Å². The Morgan fingerprint density at radius 3 is 2.94 bits per heavy atom. The van der Waals surface area contributed by atoms with E-state index >= 15 is 0 Å². The Labute approximate surface area is 113 Å². The van der Waals surface area contributed by atoms with Crippen molar-refractivity contribution >= 4 is 11.6 Å². The molecule has 0 aliphatic carbocycles. The number of nitrogens with one attached hydrogen (secondary N) is 1. The van der Waals surface area contributed by atoms with Crippen LogP contribution in [0, 0.1) is 11.7 Å². The zero-order valence-corrected chi connectivity index (χ0v) is 11.7. The maximum absolute atomic E-state index is 14.0. The molecule has 0 saturated carbocycles. The Morgan fingerprint density at radius 2 is 2.28 bits per heavy atom. The van der Waals surface area contributed by atoms with Crippen LogP contribution in [0.15, 0.2) is 18.2 Å². The summed E-state index contributed by atoms with van der Waals surface area (Å²) in [5.41, 5.74) is 0.766. The van der Waals surface area contributed by atoms with Gasteiger partial charge < -0.3 is 5.32 Å². The first-order valence-electron chi connectivity index (χ1n) is 6.49. The number of benzene rings is 1. The number of likely N-dealkylation sites (tertiary alicyclic amines) is 1. The molecule has 0 aromatic heterocycles. The lowest BCUT2D eigenvalue weighted by molar-refractivity contribution is 0.266. The summed E-state index contributed by atoms with van der Waals surface area (Å²) in [6.07, 6.45) is 1.11. The molecule has 1 N–H and O–H groups in total. The molecular weight excluding hydrogens is 251 g/mol. The van der Waals surface area contributed by atoms with Crippen LogP contribution in [-0.2, 0) is 0 Å². The van der Waals surface area contributed by atoms with E-state index in [0.29, 0.717) is 10.9 Å². The molecular formula is C14H20ClFN2. The van der Waals surface area contributed by atoms with E-state index < -0.39 is 0 Å². The normalized spacial score (nSPS) is 24.7. The zero-order chi connectivity index (χ0) is 13.1. The van der Waals surface area contributed by atoms with E-state index in [0.717, 1.165) is 31.6 Å². The summed E-state index contributed by atoms with van der Waals surface area (Å²) in [6.45, 7) is 5.00. The lowest BCUT2D eigenvalue weighted by Crippen LogP contribution is -2.29. The van der Waals surface area contributed by atoms with Crippen molar-refractivity contribution in [2.75, 3.05) is 26.7 Å². The quantitative estimate of drug-likeness (QED) is 0.905. The van der Waals surface area contributed by atoms with Gasteiger partial charge in [-0.2, -0.15) is 0 Å². The second kappa shape index (κ2) is 6.00. The molecule has 1 aliphatic heterocycles. The molecule has 0 spiro atoms. The second-order valence-electron chi connectivity index (χ2n) is 4.95. The van der Waals surface area contributed by atoms with Crippen molar-refractivity contribution < 1.29 is 4.39 Å². The van der Waals surface area contributed by atoms with Gasteiger partial charge >= 0.3 is 0 Å². The van der Waals surface area contributed by atoms with Gasteiger partial charge in [0.15, 0.2) is 0 Å². The van der Waals surface area contributed by atoms with Gasteiger partial charge in [0.05, 0.1) is 0 Å². The molecule has 0 bridgehead atoms. The molecule has 2 atom stereocenters. The molecule has 100 valence electrons. The van der Waals surface area contributed by atoms with Crippen LogP contribution in [0.3, 0.4) is 0 Å². The SMILES string of the molecule is CCNCC1CCN(C)C1c1ccc(Cl)cc1F. The number of halogens is 2. The van der Waals surface area contributed by atoms with E-state index in [-0.39, 0.29) is 11.9 Å². The minimum absolute atomic E-state index is 0.154. The highest BCUT2D eigenvalue weighted by Gasteiger charge is 2.34. The molecule has 2 rings (SSSR count). The molecule has 2 nitrogen and oxygen atoms in total. The fourth-order valence-corrected chi connectivity index (χ4v) is 2.96. The van der Waals surface area contributed by atoms with E-state index in [4.69, 9.17) is 11.6 Å². The van der Waals surface area contributed by atoms with Crippen LogP contribution in [0.5, 0.6) is 0 Å². The third-order valence-electron chi connectivity index (χ3n) is 3.71. The largest absolute Gasteiger partial charge is 0.317 e. The minimum Gasteiger partial charge on any atom is -0.317 e. The summed E-state index contributed by atoms with van der Waals surface area (Å²) >= 11 is 5.81. The second-order valence-corrected chi connectivity index (χ2v) is 5.38. The lowest BCUT2D eigenvalue weighted by Gasteiger charge is -2.26. The molecule has 0 radical (unpaired) electrons. The van der Waals surface area contributed by atoms with Crippen LogP contribution >= 0.6 is 11.6 Å². The van der Waals surface area contributed by atoms with Gasteiger partial charge in [0, 0.05) is 16.6 Å². The maximum Gasteiger partial charge on any atom is 0.129 e. The third-order valence-corrected chi connectivity index (χ3v) is 3.95. The predicted molar refractivity (Wildman–Crippen MR) is 73.4 cm³/mol. The van der Waals surface area contributed by atoms with Gasteiger partial charge in [0.25, 0.3) is 0 Å². The number of rotatable bonds is 4. The van der Waals surface area contributed by atoms with Crippen molar-refractivity contribution in [3.05, 3.63) is 34.6 Å². The van der Waals surface area contributed by atoms with Gasteiger partial charge in [0.1, 0.15) is 5.82 Å². The lowest BCUT2D eigenvalue weighted by atomic mass is 9.93. The van der Waals surface area contributed by atoms with Crippen molar-refractivity contribution in [2.24, 2.45) is 5.92 Å². The Bertz CT molecular complexity index is 411. The van der Waals surface area contributed by atoms with Gasteiger partial charge in [-0.1, -0.05) is 24.6 Å². The fraction of sp³-hybridized carbons (Fsp3) is 0.571. The van der Waals surface area contributed by atoms with Gasteiger partial charge in [0.2, 0.25) is 0 Å². The number of hydrogen-bond acceptors (Lipinski definition) is 2. The molecule has 2 unspecified atom stereocenters. The van der Waals surface area contributed by atoms with Crippen molar-refractivity contribution in [2.45, 2.75) is 19.4 Å². The van der Waals surface area contributed by atoms with Crippen LogP contribution in [0.25, 0.3) is 0 Å². The van der Waals surface area contributed by atoms with Gasteiger partial charge in [-0.15, -0.1) is 0 Å². The van der Waals surface area contributed by atoms with E-state index in [2.05, 4.69) is 24.2 Å². The highest BCUT2D eigenvalue weighted by atomic mass is 35.5. The van der Waals surface area contributed by atoms with Gasteiger partial charge in [-0.3, -0.25) is 4.90 Å². The van der Waals surface area contributed by atoms with Crippen molar-refractivity contribution in [1.82, 2.24) is 10.2 Å². The van der Waals surface area contributed by atoms with Gasteiger partial charge in [-0.05, 0) is 51.2 Å². The smallest absolute Gasteiger partial charge is 0.129 e. The molecule has 1 heterocycles. The summed E-state index contributed by atoms with van der Waals surface area (Å²) in [4.78, 5) is 2.23. The molecule has 1 aliphatic rings. The molecule has 1 saturated heterocycles. The maximum atomic E-state index is 14.0. The highest BCUT2D eigenvalue weighted by molar-refractivity contribution is 6.30. The van der Waals surface area contributed by atoms with Crippen LogP contribution in [0.1, 0.15) is 24.9 Å². The van der Waals surface area contributed by atoms with Crippen molar-refractivity contribution in [1.29, 1.82) is 0 Å². The summed E-state index contributed by atoms with van der Waals surface area (Å²) in [7, 11) is 2.06. The van der Waals surface area contributed by atoms with Crippen molar-refractivity contribution in [3.63, 3.8) is 0 Å². The van der Waals surface area contributed by atoms with E-state index in [9.17, 15) is 4.39 Å². The first-order chi connectivity index (χ1) is 8.63. The van der Waals surface area contributed by atoms with Crippen LogP contribution in [0.4, 0.5) is 4.39 Å². The highest BCUT2D eigenvalue weighted by Crippen LogP contribution is 2.37. The Kier molecular flexibility index (Phi) is 4.60. The first-order valence-corrected chi connectivity index (χ1v) is 6.87. The van der Waals surface area contributed by atoms with E-state index in [1.54, 1.807) is 6.07 Å². The summed E-state index contributed by atoms with van der Waals surface area (Å²) in [5, 5.41) is 3.82. The average molecular weight is 271 g/mol. The monoisotopic (exact) mass is 270 g/mol. The van der Waals surface area contributed by atoms with E-state index in [1.807, 2.05) is 6.07 Å². The zero-order valence-electron chi connectivity index (χ0n) is 10.9. The number of hydrogen-bond donors (Lipinski definition) is 1. The van der Waals surface area contributed by atoms with Crippen LogP contribution in [0.2, 0.25) is 5.02 Å². The summed E-state index contributed by atoms with van der Waals surface area (Å²) in [6, 6.07) is 5.16. The molecule has 4 heteroatoms.